The van der Waals surface area contributed by atoms with E-state index in [1.54, 1.807) is 9.80 Å². The number of hydrogen-bond donors (Lipinski definition) is 2. The van der Waals surface area contributed by atoms with Crippen LogP contribution in [0.5, 0.6) is 0 Å². The molecule has 1 fully saturated rings. The van der Waals surface area contributed by atoms with Gasteiger partial charge in [-0.2, -0.15) is 0 Å². The molecule has 0 unspecified atom stereocenters. The van der Waals surface area contributed by atoms with E-state index in [-0.39, 0.29) is 6.04 Å². The zero-order chi connectivity index (χ0) is 15.5. The molecule has 1 aliphatic rings. The van der Waals surface area contributed by atoms with Crippen molar-refractivity contribution in [1.29, 1.82) is 0 Å². The minimum Gasteiger partial charge on any atom is -0.328 e. The molecule has 0 aromatic heterocycles. The maximum Gasteiger partial charge on any atom is 0.141 e. The number of hydrogen-bond acceptors (Lipinski definition) is 0. The molecule has 2 nitrogen and oxygen atoms in total. The largest absolute Gasteiger partial charge is 0.328 e. The number of nitrogens with one attached hydrogen (secondary N) is 2. The molecule has 1 aliphatic heterocycles. The van der Waals surface area contributed by atoms with Gasteiger partial charge in [0, 0.05) is 16.1 Å². The fourth-order valence-corrected chi connectivity index (χ4v) is 3.76. The van der Waals surface area contributed by atoms with Crippen molar-refractivity contribution in [2.45, 2.75) is 6.04 Å². The molecule has 0 radical (unpaired) electrons. The van der Waals surface area contributed by atoms with Crippen LogP contribution in [-0.4, -0.2) is 33.2 Å². The number of likely N-dealkylation sites (N-methyl/N-ethyl adjacent to an activating group) is 1. The normalized spacial score (nSPS) is 23.2. The second-order valence-electron chi connectivity index (χ2n) is 6.12. The molecular formula is C18H22Cl2N2+2. The van der Waals surface area contributed by atoms with Crippen molar-refractivity contribution < 1.29 is 9.80 Å². The highest BCUT2D eigenvalue weighted by molar-refractivity contribution is 6.31. The number of quaternary nitrogens is 2. The molecule has 4 heteroatoms. The SMILES string of the molecule is C[NH+]1CC[NH+]([C@@H](c2cccc(Cl)c2)c2ccccc2Cl)CC1. The predicted molar refractivity (Wildman–Crippen MR) is 92.1 cm³/mol. The van der Waals surface area contributed by atoms with Gasteiger partial charge in [-0.15, -0.1) is 0 Å². The monoisotopic (exact) mass is 336 g/mol. The van der Waals surface area contributed by atoms with Crippen LogP contribution in [0.25, 0.3) is 0 Å². The van der Waals surface area contributed by atoms with Crippen molar-refractivity contribution in [3.05, 3.63) is 69.7 Å². The van der Waals surface area contributed by atoms with Crippen LogP contribution in [0, 0.1) is 0 Å². The summed E-state index contributed by atoms with van der Waals surface area (Å²) in [6, 6.07) is 16.6. The molecule has 0 aliphatic carbocycles. The van der Waals surface area contributed by atoms with Crippen LogP contribution in [0.3, 0.4) is 0 Å². The van der Waals surface area contributed by atoms with Gasteiger partial charge >= 0.3 is 0 Å². The van der Waals surface area contributed by atoms with E-state index in [9.17, 15) is 0 Å². The summed E-state index contributed by atoms with van der Waals surface area (Å²) in [5.41, 5.74) is 2.44. The maximum atomic E-state index is 6.51. The third kappa shape index (κ3) is 3.47. The third-order valence-electron chi connectivity index (χ3n) is 4.55. The van der Waals surface area contributed by atoms with Gasteiger partial charge < -0.3 is 9.80 Å². The lowest BCUT2D eigenvalue weighted by atomic mass is 9.96. The lowest BCUT2D eigenvalue weighted by Gasteiger charge is -2.34. The first kappa shape index (κ1) is 15.8. The first-order valence-corrected chi connectivity index (χ1v) is 8.56. The maximum absolute atomic E-state index is 6.51. The summed E-state index contributed by atoms with van der Waals surface area (Å²) >= 11 is 12.7. The van der Waals surface area contributed by atoms with Crippen LogP contribution in [0.2, 0.25) is 10.0 Å². The van der Waals surface area contributed by atoms with Gasteiger partial charge in [0.1, 0.15) is 32.2 Å². The second kappa shape index (κ2) is 7.01. The summed E-state index contributed by atoms with van der Waals surface area (Å²) in [6.45, 7) is 4.68. The lowest BCUT2D eigenvalue weighted by molar-refractivity contribution is -1.02. The molecule has 0 saturated carbocycles. The third-order valence-corrected chi connectivity index (χ3v) is 5.13. The molecule has 1 atom stereocenters. The Labute approximate surface area is 142 Å². The topological polar surface area (TPSA) is 8.88 Å². The summed E-state index contributed by atoms with van der Waals surface area (Å²) in [7, 11) is 2.26. The number of piperazine rings is 1. The second-order valence-corrected chi connectivity index (χ2v) is 6.97. The Hall–Kier alpha value is -1.06. The highest BCUT2D eigenvalue weighted by atomic mass is 35.5. The smallest absolute Gasteiger partial charge is 0.141 e. The van der Waals surface area contributed by atoms with Crippen molar-refractivity contribution in [2.24, 2.45) is 0 Å². The fraction of sp³-hybridized carbons (Fsp3) is 0.333. The van der Waals surface area contributed by atoms with Crippen LogP contribution in [0.4, 0.5) is 0 Å². The molecular weight excluding hydrogens is 315 g/mol. The zero-order valence-electron chi connectivity index (χ0n) is 12.8. The lowest BCUT2D eigenvalue weighted by Crippen LogP contribution is -3.27. The first-order chi connectivity index (χ1) is 10.6. The predicted octanol–water partition coefficient (Wildman–Crippen LogP) is 1.50. The molecule has 22 heavy (non-hydrogen) atoms. The molecule has 116 valence electrons. The Morgan fingerprint density at radius 3 is 2.32 bits per heavy atom. The fourth-order valence-electron chi connectivity index (χ4n) is 3.32. The highest BCUT2D eigenvalue weighted by Gasteiger charge is 2.31. The number of benzene rings is 2. The van der Waals surface area contributed by atoms with Crippen molar-refractivity contribution in [2.75, 3.05) is 33.2 Å². The Balaban J connectivity index is 2.01. The van der Waals surface area contributed by atoms with E-state index in [2.05, 4.69) is 31.3 Å². The number of rotatable bonds is 3. The molecule has 0 amide bonds. The van der Waals surface area contributed by atoms with Crippen LogP contribution < -0.4 is 9.80 Å². The minimum absolute atomic E-state index is 0.250. The van der Waals surface area contributed by atoms with Crippen molar-refractivity contribution in [3.8, 4) is 0 Å². The molecule has 0 bridgehead atoms. The quantitative estimate of drug-likeness (QED) is 0.840. The molecule has 1 saturated heterocycles. The summed E-state index contributed by atoms with van der Waals surface area (Å²) < 4.78 is 0. The molecule has 0 spiro atoms. The van der Waals surface area contributed by atoms with E-state index in [1.807, 2.05) is 24.3 Å². The Morgan fingerprint density at radius 1 is 0.909 bits per heavy atom. The first-order valence-electron chi connectivity index (χ1n) is 7.81. The van der Waals surface area contributed by atoms with Crippen molar-refractivity contribution in [3.63, 3.8) is 0 Å². The van der Waals surface area contributed by atoms with Crippen LogP contribution >= 0.6 is 23.2 Å². The van der Waals surface area contributed by atoms with Crippen LogP contribution in [-0.2, 0) is 0 Å². The average Bonchev–Trinajstić information content (AvgIpc) is 2.51. The molecule has 3 rings (SSSR count). The zero-order valence-corrected chi connectivity index (χ0v) is 14.3. The Bertz CT molecular complexity index is 636. The van der Waals surface area contributed by atoms with Crippen molar-refractivity contribution >= 4 is 23.2 Å². The van der Waals surface area contributed by atoms with E-state index in [0.717, 1.165) is 23.1 Å². The van der Waals surface area contributed by atoms with Gasteiger partial charge in [-0.25, -0.2) is 0 Å². The van der Waals surface area contributed by atoms with E-state index >= 15 is 0 Å². The standard InChI is InChI=1S/C18H20Cl2N2/c1-21-9-11-22(12-10-21)18(14-5-4-6-15(19)13-14)16-7-2-3-8-17(16)20/h2-8,13,18H,9-12H2,1H3/p+2/t18-/m0/s1. The summed E-state index contributed by atoms with van der Waals surface area (Å²) in [4.78, 5) is 3.17. The van der Waals surface area contributed by atoms with E-state index < -0.39 is 0 Å². The molecule has 2 N–H and O–H groups in total. The van der Waals surface area contributed by atoms with Gasteiger partial charge in [0.15, 0.2) is 0 Å². The van der Waals surface area contributed by atoms with Gasteiger partial charge in [0.25, 0.3) is 0 Å². The summed E-state index contributed by atoms with van der Waals surface area (Å²) in [5.74, 6) is 0. The van der Waals surface area contributed by atoms with Gasteiger partial charge in [0.2, 0.25) is 0 Å². The molecule has 1 heterocycles. The van der Waals surface area contributed by atoms with E-state index in [1.165, 1.54) is 24.2 Å². The Kier molecular flexibility index (Phi) is 5.04. The van der Waals surface area contributed by atoms with Gasteiger partial charge in [0.05, 0.1) is 12.1 Å². The van der Waals surface area contributed by atoms with Gasteiger partial charge in [-0.05, 0) is 18.2 Å². The average molecular weight is 337 g/mol. The van der Waals surface area contributed by atoms with Crippen molar-refractivity contribution in [1.82, 2.24) is 0 Å². The van der Waals surface area contributed by atoms with E-state index in [4.69, 9.17) is 23.2 Å². The van der Waals surface area contributed by atoms with E-state index in [0.29, 0.717) is 0 Å². The summed E-state index contributed by atoms with van der Waals surface area (Å²) in [5, 5.41) is 1.62. The minimum atomic E-state index is 0.250. The van der Waals surface area contributed by atoms with Gasteiger partial charge in [-0.3, -0.25) is 0 Å². The van der Waals surface area contributed by atoms with Crippen LogP contribution in [0.15, 0.2) is 48.5 Å². The van der Waals surface area contributed by atoms with Gasteiger partial charge in [-0.1, -0.05) is 53.5 Å². The summed E-state index contributed by atoms with van der Waals surface area (Å²) in [6.07, 6.45) is 0. The highest BCUT2D eigenvalue weighted by Crippen LogP contribution is 2.27. The molecule has 2 aromatic rings. The Morgan fingerprint density at radius 2 is 1.64 bits per heavy atom. The van der Waals surface area contributed by atoms with Crippen LogP contribution in [0.1, 0.15) is 17.2 Å². The molecule has 2 aromatic carbocycles. The number of halogens is 2.